The second kappa shape index (κ2) is 10.7. The zero-order valence-electron chi connectivity index (χ0n) is 20.8. The third-order valence-corrected chi connectivity index (χ3v) is 8.75. The minimum Gasteiger partial charge on any atom is -0.493 e. The minimum atomic E-state index is -3.90. The standard InChI is InChI=1S/C26H33ClFN3O4S/c1-26(2,3)29-16-17-6-8-20-23(10-12-35-24(20)13-17)30-25(32)14-18-5-4-11-31(18)36(33,34)19-7-9-22(28)21(27)15-19/h6-9,13,15,18,23,29H,4-5,10-12,14,16H2,1-3H3,(H,30,32)/t18-,23+/m0/s1. The van der Waals surface area contributed by atoms with Crippen LogP contribution in [0, 0.1) is 5.82 Å². The summed E-state index contributed by atoms with van der Waals surface area (Å²) in [7, 11) is -3.90. The van der Waals surface area contributed by atoms with E-state index in [1.807, 2.05) is 18.2 Å². The van der Waals surface area contributed by atoms with Gasteiger partial charge in [0.2, 0.25) is 15.9 Å². The molecule has 0 aromatic heterocycles. The van der Waals surface area contributed by atoms with Gasteiger partial charge in [-0.15, -0.1) is 0 Å². The van der Waals surface area contributed by atoms with Crippen LogP contribution in [0.25, 0.3) is 0 Å². The smallest absolute Gasteiger partial charge is 0.243 e. The molecule has 196 valence electrons. The van der Waals surface area contributed by atoms with Crippen LogP contribution in [0.5, 0.6) is 5.75 Å². The van der Waals surface area contributed by atoms with E-state index in [-0.39, 0.29) is 33.8 Å². The van der Waals surface area contributed by atoms with Gasteiger partial charge < -0.3 is 15.4 Å². The number of hydrogen-bond donors (Lipinski definition) is 2. The molecule has 1 saturated heterocycles. The van der Waals surface area contributed by atoms with E-state index in [2.05, 4.69) is 31.4 Å². The van der Waals surface area contributed by atoms with Crippen LogP contribution < -0.4 is 15.4 Å². The predicted octanol–water partition coefficient (Wildman–Crippen LogP) is 4.55. The summed E-state index contributed by atoms with van der Waals surface area (Å²) in [6, 6.07) is 8.72. The van der Waals surface area contributed by atoms with Gasteiger partial charge in [-0.25, -0.2) is 12.8 Å². The highest BCUT2D eigenvalue weighted by Crippen LogP contribution is 2.34. The largest absolute Gasteiger partial charge is 0.493 e. The maximum atomic E-state index is 13.5. The third kappa shape index (κ3) is 6.19. The van der Waals surface area contributed by atoms with Gasteiger partial charge in [0.25, 0.3) is 0 Å². The van der Waals surface area contributed by atoms with Crippen molar-refractivity contribution < 1.29 is 22.3 Å². The number of amides is 1. The molecule has 2 aromatic rings. The number of benzene rings is 2. The molecule has 1 amide bonds. The number of rotatable bonds is 7. The van der Waals surface area contributed by atoms with Crippen LogP contribution in [0.4, 0.5) is 4.39 Å². The van der Waals surface area contributed by atoms with Crippen molar-refractivity contribution in [1.29, 1.82) is 0 Å². The predicted molar refractivity (Wildman–Crippen MR) is 137 cm³/mol. The lowest BCUT2D eigenvalue weighted by Gasteiger charge is -2.29. The van der Waals surface area contributed by atoms with E-state index in [1.165, 1.54) is 10.4 Å². The molecule has 2 aliphatic rings. The van der Waals surface area contributed by atoms with E-state index >= 15 is 0 Å². The first kappa shape index (κ1) is 26.9. The van der Waals surface area contributed by atoms with Crippen molar-refractivity contribution in [3.63, 3.8) is 0 Å². The summed E-state index contributed by atoms with van der Waals surface area (Å²) in [6.45, 7) is 7.84. The molecule has 2 aromatic carbocycles. The molecule has 0 bridgehead atoms. The molecule has 4 rings (SSSR count). The van der Waals surface area contributed by atoms with Gasteiger partial charge in [0.15, 0.2) is 0 Å². The number of nitrogens with zero attached hydrogens (tertiary/aromatic N) is 1. The molecule has 0 spiro atoms. The van der Waals surface area contributed by atoms with Crippen molar-refractivity contribution in [2.45, 2.75) is 75.5 Å². The average molecular weight is 538 g/mol. The number of hydrogen-bond acceptors (Lipinski definition) is 5. The molecule has 0 radical (unpaired) electrons. The SMILES string of the molecule is CC(C)(C)NCc1ccc2c(c1)OCC[C@H]2NC(=O)C[C@@H]1CCCN1S(=O)(=O)c1ccc(F)c(Cl)c1. The summed E-state index contributed by atoms with van der Waals surface area (Å²) in [5.74, 6) is -0.129. The molecular weight excluding hydrogens is 505 g/mol. The molecule has 2 aliphatic heterocycles. The van der Waals surface area contributed by atoms with Crippen molar-refractivity contribution in [3.8, 4) is 5.75 Å². The molecule has 2 N–H and O–H groups in total. The fourth-order valence-electron chi connectivity index (χ4n) is 4.63. The van der Waals surface area contributed by atoms with Crippen molar-refractivity contribution in [3.05, 3.63) is 58.4 Å². The highest BCUT2D eigenvalue weighted by molar-refractivity contribution is 7.89. The number of halogens is 2. The van der Waals surface area contributed by atoms with E-state index in [0.29, 0.717) is 39.0 Å². The first-order valence-corrected chi connectivity index (χ1v) is 14.0. The molecule has 7 nitrogen and oxygen atoms in total. The normalized spacial score (nSPS) is 20.6. The summed E-state index contributed by atoms with van der Waals surface area (Å²) in [6.07, 6.45) is 1.92. The van der Waals surface area contributed by atoms with Crippen LogP contribution in [0.1, 0.15) is 63.6 Å². The van der Waals surface area contributed by atoms with Gasteiger partial charge in [0.1, 0.15) is 11.6 Å². The first-order valence-electron chi connectivity index (χ1n) is 12.2. The van der Waals surface area contributed by atoms with Crippen molar-refractivity contribution in [2.24, 2.45) is 0 Å². The molecular formula is C26H33ClFN3O4S. The average Bonchev–Trinajstić information content (AvgIpc) is 3.28. The Morgan fingerprint density at radius 2 is 1.97 bits per heavy atom. The van der Waals surface area contributed by atoms with Gasteiger partial charge >= 0.3 is 0 Å². The molecule has 2 atom stereocenters. The Kier molecular flexibility index (Phi) is 7.95. The fourth-order valence-corrected chi connectivity index (χ4v) is 6.60. The Morgan fingerprint density at radius 3 is 2.69 bits per heavy atom. The Balaban J connectivity index is 1.42. The number of carbonyl (C=O) groups is 1. The van der Waals surface area contributed by atoms with Gasteiger partial charge in [-0.3, -0.25) is 4.79 Å². The lowest BCUT2D eigenvalue weighted by atomic mass is 9.98. The minimum absolute atomic E-state index is 0.00215. The van der Waals surface area contributed by atoms with Gasteiger partial charge in [0, 0.05) is 43.1 Å². The highest BCUT2D eigenvalue weighted by atomic mass is 35.5. The zero-order valence-corrected chi connectivity index (χ0v) is 22.4. The van der Waals surface area contributed by atoms with Crippen molar-refractivity contribution in [1.82, 2.24) is 14.9 Å². The molecule has 0 aliphatic carbocycles. The highest BCUT2D eigenvalue weighted by Gasteiger charge is 2.37. The van der Waals surface area contributed by atoms with Crippen LogP contribution >= 0.6 is 11.6 Å². The third-order valence-electron chi connectivity index (χ3n) is 6.52. The van der Waals surface area contributed by atoms with Gasteiger partial charge in [-0.2, -0.15) is 4.31 Å². The van der Waals surface area contributed by atoms with Gasteiger partial charge in [-0.05, 0) is 63.4 Å². The Labute approximate surface area is 217 Å². The van der Waals surface area contributed by atoms with Crippen LogP contribution in [-0.2, 0) is 21.4 Å². The Hall–Kier alpha value is -2.20. The zero-order chi connectivity index (χ0) is 26.1. The summed E-state index contributed by atoms with van der Waals surface area (Å²) in [5, 5.41) is 6.29. The monoisotopic (exact) mass is 537 g/mol. The Morgan fingerprint density at radius 1 is 1.19 bits per heavy atom. The van der Waals surface area contributed by atoms with E-state index in [4.69, 9.17) is 16.3 Å². The van der Waals surface area contributed by atoms with E-state index in [0.717, 1.165) is 29.0 Å². The number of sulfonamides is 1. The van der Waals surface area contributed by atoms with Crippen LogP contribution in [-0.4, -0.2) is 43.4 Å². The molecule has 36 heavy (non-hydrogen) atoms. The van der Waals surface area contributed by atoms with Gasteiger partial charge in [-0.1, -0.05) is 23.7 Å². The van der Waals surface area contributed by atoms with Crippen molar-refractivity contribution in [2.75, 3.05) is 13.2 Å². The number of carbonyl (C=O) groups excluding carboxylic acids is 1. The van der Waals surface area contributed by atoms with Crippen LogP contribution in [0.2, 0.25) is 5.02 Å². The maximum absolute atomic E-state index is 13.5. The van der Waals surface area contributed by atoms with E-state index in [1.54, 1.807) is 0 Å². The van der Waals surface area contributed by atoms with Gasteiger partial charge in [0.05, 0.1) is 22.6 Å². The lowest BCUT2D eigenvalue weighted by molar-refractivity contribution is -0.122. The topological polar surface area (TPSA) is 87.7 Å². The van der Waals surface area contributed by atoms with E-state index in [9.17, 15) is 17.6 Å². The first-order chi connectivity index (χ1) is 16.9. The Bertz CT molecular complexity index is 1230. The summed E-state index contributed by atoms with van der Waals surface area (Å²) < 4.78 is 47.1. The number of nitrogens with one attached hydrogen (secondary N) is 2. The fraction of sp³-hybridized carbons (Fsp3) is 0.500. The summed E-state index contributed by atoms with van der Waals surface area (Å²) in [4.78, 5) is 12.9. The van der Waals surface area contributed by atoms with Crippen LogP contribution in [0.15, 0.2) is 41.3 Å². The maximum Gasteiger partial charge on any atom is 0.243 e. The van der Waals surface area contributed by atoms with Crippen molar-refractivity contribution >= 4 is 27.5 Å². The summed E-state index contributed by atoms with van der Waals surface area (Å²) in [5.41, 5.74) is 2.02. The molecule has 0 saturated carbocycles. The molecule has 2 heterocycles. The second-order valence-electron chi connectivity index (χ2n) is 10.4. The molecule has 0 unspecified atom stereocenters. The molecule has 1 fully saturated rings. The quantitative estimate of drug-likeness (QED) is 0.541. The van der Waals surface area contributed by atoms with E-state index < -0.39 is 21.9 Å². The number of ether oxygens (including phenoxy) is 1. The lowest BCUT2D eigenvalue weighted by Crippen LogP contribution is -2.40. The summed E-state index contributed by atoms with van der Waals surface area (Å²) >= 11 is 5.81. The number of fused-ring (bicyclic) bond motifs is 1. The van der Waals surface area contributed by atoms with Crippen LogP contribution in [0.3, 0.4) is 0 Å². The molecule has 10 heteroatoms. The second-order valence-corrected chi connectivity index (χ2v) is 12.7.